The molecule has 0 atom stereocenters. The molecule has 0 bridgehead atoms. The summed E-state index contributed by atoms with van der Waals surface area (Å²) in [7, 11) is -3.50. The highest BCUT2D eigenvalue weighted by atomic mass is 32.2. The molecule has 38 heavy (non-hydrogen) atoms. The zero-order valence-electron chi connectivity index (χ0n) is 22.3. The lowest BCUT2D eigenvalue weighted by Gasteiger charge is -2.23. The first kappa shape index (κ1) is 26.9. The number of carbonyl (C=O) groups excluding carboxylic acids is 1. The van der Waals surface area contributed by atoms with E-state index in [0.29, 0.717) is 11.3 Å². The molecular weight excluding hydrogens is 496 g/mol. The van der Waals surface area contributed by atoms with Gasteiger partial charge in [0, 0.05) is 28.2 Å². The number of para-hydroxylation sites is 1. The van der Waals surface area contributed by atoms with Gasteiger partial charge in [0.2, 0.25) is 10.0 Å². The van der Waals surface area contributed by atoms with E-state index in [2.05, 4.69) is 15.1 Å². The van der Waals surface area contributed by atoms with Gasteiger partial charge in [-0.15, -0.1) is 0 Å². The lowest BCUT2D eigenvalue weighted by Crippen LogP contribution is -2.29. The van der Waals surface area contributed by atoms with Crippen LogP contribution in [0, 0.1) is 27.7 Å². The minimum absolute atomic E-state index is 0.165. The molecule has 0 unspecified atom stereocenters. The van der Waals surface area contributed by atoms with E-state index >= 15 is 0 Å². The number of amides is 1. The van der Waals surface area contributed by atoms with Crippen LogP contribution in [0.2, 0.25) is 0 Å². The van der Waals surface area contributed by atoms with Crippen LogP contribution >= 0.6 is 0 Å². The minimum atomic E-state index is -3.50. The fourth-order valence-electron chi connectivity index (χ4n) is 4.33. The molecular formula is C30H32N4O3S. The first-order valence-electron chi connectivity index (χ1n) is 12.3. The van der Waals surface area contributed by atoms with E-state index in [1.165, 1.54) is 10.6 Å². The van der Waals surface area contributed by atoms with Crippen molar-refractivity contribution in [3.63, 3.8) is 0 Å². The average molecular weight is 529 g/mol. The number of rotatable bonds is 8. The van der Waals surface area contributed by atoms with E-state index in [9.17, 15) is 13.2 Å². The van der Waals surface area contributed by atoms with Gasteiger partial charge >= 0.3 is 0 Å². The van der Waals surface area contributed by atoms with Crippen molar-refractivity contribution in [2.24, 2.45) is 5.10 Å². The quantitative estimate of drug-likeness (QED) is 0.244. The highest BCUT2D eigenvalue weighted by Gasteiger charge is 2.19. The van der Waals surface area contributed by atoms with Crippen LogP contribution in [0.25, 0.3) is 5.69 Å². The number of nitrogens with zero attached hydrogens (tertiary/aromatic N) is 3. The number of aromatic nitrogens is 1. The van der Waals surface area contributed by atoms with E-state index in [-0.39, 0.29) is 12.5 Å². The highest BCUT2D eigenvalue weighted by Crippen LogP contribution is 2.24. The van der Waals surface area contributed by atoms with Crippen molar-refractivity contribution < 1.29 is 13.2 Å². The maximum absolute atomic E-state index is 12.7. The van der Waals surface area contributed by atoms with Gasteiger partial charge in [-0.25, -0.2) is 13.8 Å². The summed E-state index contributed by atoms with van der Waals surface area (Å²) in [5, 5.41) is 4.16. The third kappa shape index (κ3) is 6.03. The largest absolute Gasteiger partial charge is 0.318 e. The predicted molar refractivity (Wildman–Crippen MR) is 154 cm³/mol. The summed E-state index contributed by atoms with van der Waals surface area (Å²) >= 11 is 0. The van der Waals surface area contributed by atoms with Gasteiger partial charge < -0.3 is 4.57 Å². The third-order valence-electron chi connectivity index (χ3n) is 6.58. The summed E-state index contributed by atoms with van der Waals surface area (Å²) in [6.45, 7) is 8.15. The van der Waals surface area contributed by atoms with Crippen LogP contribution in [0.1, 0.15) is 44.0 Å². The zero-order chi connectivity index (χ0) is 27.4. The molecule has 0 fully saturated rings. The molecule has 1 heterocycles. The second-order valence-corrected chi connectivity index (χ2v) is 11.3. The smallest absolute Gasteiger partial charge is 0.271 e. The topological polar surface area (TPSA) is 83.8 Å². The predicted octanol–water partition coefficient (Wildman–Crippen LogP) is 5.44. The van der Waals surface area contributed by atoms with Crippen molar-refractivity contribution in [3.8, 4) is 5.69 Å². The van der Waals surface area contributed by atoms with Crippen molar-refractivity contribution >= 4 is 27.8 Å². The first-order chi connectivity index (χ1) is 18.0. The molecule has 1 N–H and O–H groups in total. The van der Waals surface area contributed by atoms with Crippen LogP contribution in [0.5, 0.6) is 0 Å². The van der Waals surface area contributed by atoms with Gasteiger partial charge in [-0.1, -0.05) is 36.4 Å². The molecule has 1 amide bonds. The zero-order valence-corrected chi connectivity index (χ0v) is 23.1. The Balaban J connectivity index is 1.44. The Bertz CT molecular complexity index is 1590. The van der Waals surface area contributed by atoms with Gasteiger partial charge in [-0.3, -0.25) is 9.10 Å². The summed E-state index contributed by atoms with van der Waals surface area (Å²) in [5.74, 6) is -0.348. The van der Waals surface area contributed by atoms with Gasteiger partial charge in [0.05, 0.1) is 24.7 Å². The normalized spacial score (nSPS) is 11.6. The van der Waals surface area contributed by atoms with E-state index < -0.39 is 10.0 Å². The van der Waals surface area contributed by atoms with E-state index in [1.54, 1.807) is 36.5 Å². The summed E-state index contributed by atoms with van der Waals surface area (Å²) in [6, 6.07) is 24.5. The van der Waals surface area contributed by atoms with Crippen molar-refractivity contribution in [2.75, 3.05) is 10.6 Å². The van der Waals surface area contributed by atoms with Gasteiger partial charge in [0.15, 0.2) is 0 Å². The van der Waals surface area contributed by atoms with Crippen molar-refractivity contribution in [2.45, 2.75) is 34.2 Å². The Morgan fingerprint density at radius 2 is 1.61 bits per heavy atom. The molecule has 0 saturated carbocycles. The summed E-state index contributed by atoms with van der Waals surface area (Å²) in [5.41, 5.74) is 10.6. The molecule has 0 aliphatic rings. The fraction of sp³-hybridized carbons (Fsp3) is 0.200. The van der Waals surface area contributed by atoms with Crippen LogP contribution in [-0.2, 0) is 16.6 Å². The Labute approximate surface area is 224 Å². The Hall–Kier alpha value is -4.17. The van der Waals surface area contributed by atoms with Gasteiger partial charge in [0.1, 0.15) is 0 Å². The number of anilines is 1. The molecule has 0 radical (unpaired) electrons. The number of hydrogen-bond donors (Lipinski definition) is 1. The monoisotopic (exact) mass is 528 g/mol. The highest BCUT2D eigenvalue weighted by molar-refractivity contribution is 7.92. The van der Waals surface area contributed by atoms with Crippen molar-refractivity contribution in [1.29, 1.82) is 0 Å². The molecule has 1 aromatic heterocycles. The molecule has 4 rings (SSSR count). The van der Waals surface area contributed by atoms with E-state index in [1.807, 2.05) is 76.2 Å². The third-order valence-corrected chi connectivity index (χ3v) is 7.72. The number of benzene rings is 3. The van der Waals surface area contributed by atoms with Crippen molar-refractivity contribution in [1.82, 2.24) is 9.99 Å². The Kier molecular flexibility index (Phi) is 7.83. The van der Waals surface area contributed by atoms with Gasteiger partial charge in [-0.05, 0) is 86.8 Å². The number of nitrogens with one attached hydrogen (secondary N) is 1. The molecule has 0 aliphatic carbocycles. The first-order valence-corrected chi connectivity index (χ1v) is 14.1. The number of sulfonamides is 1. The second kappa shape index (κ2) is 11.1. The molecule has 8 heteroatoms. The minimum Gasteiger partial charge on any atom is -0.318 e. The standard InChI is InChI=1S/C30H32N4O3S/c1-21-11-16-29(17-22(21)2)33(38(5,36)37)20-25-12-14-26(15-13-25)30(35)32-31-19-27-18-23(3)34(24(27)4)28-9-7-6-8-10-28/h6-19H,20H2,1-5H3,(H,32,35)/b31-19+. The Morgan fingerprint density at radius 3 is 2.24 bits per heavy atom. The van der Waals surface area contributed by atoms with E-state index in [0.717, 1.165) is 39.3 Å². The van der Waals surface area contributed by atoms with Crippen LogP contribution in [0.3, 0.4) is 0 Å². The SMILES string of the molecule is Cc1ccc(N(Cc2ccc(C(=O)N/N=C/c3cc(C)n(-c4ccccc4)c3C)cc2)S(C)(=O)=O)cc1C. The van der Waals surface area contributed by atoms with Gasteiger partial charge in [-0.2, -0.15) is 5.10 Å². The maximum atomic E-state index is 12.7. The van der Waals surface area contributed by atoms with Crippen LogP contribution in [-0.4, -0.2) is 31.4 Å². The fourth-order valence-corrected chi connectivity index (χ4v) is 5.21. The molecule has 4 aromatic rings. The van der Waals surface area contributed by atoms with Crippen LogP contribution in [0.4, 0.5) is 5.69 Å². The number of aryl methyl sites for hydroxylation is 3. The number of hydrazone groups is 1. The number of carbonyl (C=O) groups is 1. The summed E-state index contributed by atoms with van der Waals surface area (Å²) in [6.07, 6.45) is 2.83. The molecule has 7 nitrogen and oxygen atoms in total. The van der Waals surface area contributed by atoms with Crippen molar-refractivity contribution in [3.05, 3.63) is 118 Å². The van der Waals surface area contributed by atoms with Crippen LogP contribution in [0.15, 0.2) is 84.0 Å². The lowest BCUT2D eigenvalue weighted by atomic mass is 10.1. The summed E-state index contributed by atoms with van der Waals surface area (Å²) < 4.78 is 28.5. The van der Waals surface area contributed by atoms with Crippen LogP contribution < -0.4 is 9.73 Å². The summed E-state index contributed by atoms with van der Waals surface area (Å²) in [4.78, 5) is 12.7. The second-order valence-electron chi connectivity index (χ2n) is 9.43. The average Bonchev–Trinajstić information content (AvgIpc) is 3.17. The molecule has 0 spiro atoms. The molecule has 3 aromatic carbocycles. The molecule has 0 aliphatic heterocycles. The lowest BCUT2D eigenvalue weighted by molar-refractivity contribution is 0.0955. The number of hydrogen-bond acceptors (Lipinski definition) is 4. The Morgan fingerprint density at radius 1 is 0.921 bits per heavy atom. The maximum Gasteiger partial charge on any atom is 0.271 e. The molecule has 0 saturated heterocycles. The van der Waals surface area contributed by atoms with E-state index in [4.69, 9.17) is 0 Å². The van der Waals surface area contributed by atoms with Gasteiger partial charge in [0.25, 0.3) is 5.91 Å². The molecule has 196 valence electrons.